The van der Waals surface area contributed by atoms with E-state index in [0.29, 0.717) is 0 Å². The summed E-state index contributed by atoms with van der Waals surface area (Å²) < 4.78 is 0. The Morgan fingerprint density at radius 1 is 0.783 bits per heavy atom. The summed E-state index contributed by atoms with van der Waals surface area (Å²) in [7, 11) is 5.03. The molecule has 2 aliphatic rings. The molecule has 0 fully saturated rings. The summed E-state index contributed by atoms with van der Waals surface area (Å²) in [5, 5.41) is 0. The molecule has 2 aliphatic heterocycles. The zero-order valence-corrected chi connectivity index (χ0v) is 20.1. The van der Waals surface area contributed by atoms with E-state index in [1.807, 2.05) is 0 Å². The monoisotopic (exact) mass is 660 g/mol. The third-order valence-corrected chi connectivity index (χ3v) is 5.21. The molecule has 7 heteroatoms. The van der Waals surface area contributed by atoms with Gasteiger partial charge >= 0.3 is 49.8 Å². The maximum absolute atomic E-state index is 2.33. The van der Waals surface area contributed by atoms with Crippen LogP contribution in [-0.2, 0) is 10.8 Å². The van der Waals surface area contributed by atoms with Crippen molar-refractivity contribution in [1.82, 2.24) is 0 Å². The first-order chi connectivity index (χ1) is 11.2. The van der Waals surface area contributed by atoms with Gasteiger partial charge in [-0.3, -0.25) is 23.5 Å². The van der Waals surface area contributed by atoms with Gasteiger partial charge in [-0.2, -0.15) is 11.8 Å². The van der Waals surface area contributed by atoms with Gasteiger partial charge in [0.1, 0.15) is 0 Å². The summed E-state index contributed by atoms with van der Waals surface area (Å²) in [5.74, 6) is 4.23. The van der Waals surface area contributed by atoms with Crippen molar-refractivity contribution < 1.29 is 10.8 Å². The molecular weight excluding hydrogens is 645 g/mol. The fraction of sp³-hybridized carbons (Fsp3) is 0.125. The molecule has 0 radical (unpaired) electrons. The minimum absolute atomic E-state index is 0.890. The van der Waals surface area contributed by atoms with Crippen LogP contribution in [0, 0.1) is 11.8 Å². The molecule has 0 unspecified atom stereocenters. The van der Waals surface area contributed by atoms with Gasteiger partial charge in [0.05, 0.1) is 0 Å². The summed E-state index contributed by atoms with van der Waals surface area (Å²) in [6.45, 7) is 0. The van der Waals surface area contributed by atoms with Crippen LogP contribution in [0.2, 0.25) is 0 Å². The predicted molar refractivity (Wildman–Crippen MR) is 118 cm³/mol. The summed E-state index contributed by atoms with van der Waals surface area (Å²) in [4.78, 5) is 6.98. The van der Waals surface area contributed by atoms with Gasteiger partial charge in [-0.15, -0.1) is 0 Å². The molecule has 0 amide bonds. The van der Waals surface area contributed by atoms with Crippen molar-refractivity contribution >= 4 is 73.9 Å². The first-order valence-electron chi connectivity index (χ1n) is 6.63. The standard InChI is InChI=1S/2C8H8NS.2HI.Pd/c2*1-9-6-10-8-5-3-2-4-7(8)9;;;/h2*2-6H,1H3;2*1H;/q2*-1;;;+2/p-2. The van der Waals surface area contributed by atoms with E-state index in [2.05, 4.69) is 123 Å². The van der Waals surface area contributed by atoms with Crippen LogP contribution in [0.4, 0.5) is 11.4 Å². The topological polar surface area (TPSA) is 6.48 Å². The van der Waals surface area contributed by atoms with Crippen LogP contribution in [0.15, 0.2) is 58.3 Å². The van der Waals surface area contributed by atoms with Crippen LogP contribution in [-0.4, -0.2) is 14.1 Å². The van der Waals surface area contributed by atoms with Crippen LogP contribution in [0.3, 0.4) is 0 Å². The molecule has 0 N–H and O–H groups in total. The van der Waals surface area contributed by atoms with Crippen molar-refractivity contribution in [2.75, 3.05) is 23.9 Å². The summed E-state index contributed by atoms with van der Waals surface area (Å²) in [6, 6.07) is 16.8. The molecule has 0 saturated carbocycles. The fourth-order valence-electron chi connectivity index (χ4n) is 2.08. The van der Waals surface area contributed by atoms with E-state index in [1.165, 1.54) is 21.2 Å². The Kier molecular flexibility index (Phi) is 9.44. The quantitative estimate of drug-likeness (QED) is 0.182. The van der Waals surface area contributed by atoms with Gasteiger partial charge in [0.15, 0.2) is 0 Å². The average molecular weight is 661 g/mol. The number of hydrogen-bond donors (Lipinski definition) is 0. The molecular formula is C16H16I2N2PdS2-2. The zero-order chi connectivity index (χ0) is 16.7. The van der Waals surface area contributed by atoms with E-state index in [9.17, 15) is 0 Å². The van der Waals surface area contributed by atoms with Gasteiger partial charge in [-0.25, -0.2) is 0 Å². The average Bonchev–Trinajstić information content (AvgIpc) is 3.14. The number of thioether (sulfide) groups is 2. The summed E-state index contributed by atoms with van der Waals surface area (Å²) in [6.07, 6.45) is 0. The second-order valence-corrected chi connectivity index (χ2v) is 18.4. The second kappa shape index (κ2) is 10.8. The summed E-state index contributed by atoms with van der Waals surface area (Å²) >= 11 is 8.20. The number of rotatable bonds is 0. The molecule has 2 aromatic rings. The summed E-state index contributed by atoms with van der Waals surface area (Å²) in [5.41, 5.74) is 2.63. The van der Waals surface area contributed by atoms with Gasteiger partial charge in [0.25, 0.3) is 0 Å². The third-order valence-electron chi connectivity index (χ3n) is 3.17. The van der Waals surface area contributed by atoms with Gasteiger partial charge in [-0.1, -0.05) is 24.3 Å². The van der Waals surface area contributed by atoms with E-state index < -0.39 is 0 Å². The van der Waals surface area contributed by atoms with E-state index in [4.69, 9.17) is 0 Å². The SMILES string of the molecule is CN1[CH-]Sc2ccccc21.CN1[CH-]Sc2ccccc21.[I][Pd][I]. The Morgan fingerprint density at radius 2 is 1.13 bits per heavy atom. The van der Waals surface area contributed by atoms with Crippen molar-refractivity contribution in [3.05, 3.63) is 60.3 Å². The van der Waals surface area contributed by atoms with Crippen molar-refractivity contribution in [3.8, 4) is 0 Å². The number of benzene rings is 2. The number of anilines is 2. The molecule has 128 valence electrons. The van der Waals surface area contributed by atoms with E-state index in [1.54, 1.807) is 23.5 Å². The molecule has 0 aliphatic carbocycles. The van der Waals surface area contributed by atoms with Crippen molar-refractivity contribution in [3.63, 3.8) is 0 Å². The molecule has 0 spiro atoms. The van der Waals surface area contributed by atoms with E-state index in [-0.39, 0.29) is 0 Å². The first-order valence-corrected chi connectivity index (χ1v) is 17.6. The first kappa shape index (κ1) is 20.2. The van der Waals surface area contributed by atoms with Crippen LogP contribution in [0.1, 0.15) is 0 Å². The van der Waals surface area contributed by atoms with Crippen LogP contribution in [0.25, 0.3) is 0 Å². The normalized spacial score (nSPS) is 14.4. The zero-order valence-electron chi connectivity index (χ0n) is 12.6. The third kappa shape index (κ3) is 5.96. The van der Waals surface area contributed by atoms with Crippen molar-refractivity contribution in [2.45, 2.75) is 9.79 Å². The Balaban J connectivity index is 0.000000143. The number of halogens is 2. The minimum atomic E-state index is 0.890. The molecule has 2 nitrogen and oxygen atoms in total. The van der Waals surface area contributed by atoms with Crippen LogP contribution in [0.5, 0.6) is 0 Å². The second-order valence-electron chi connectivity index (χ2n) is 4.65. The number of hydrogen-bond acceptors (Lipinski definition) is 4. The van der Waals surface area contributed by atoms with Crippen LogP contribution >= 0.6 is 62.6 Å². The molecule has 0 atom stereocenters. The molecule has 0 saturated heterocycles. The van der Waals surface area contributed by atoms with Gasteiger partial charge in [0, 0.05) is 11.4 Å². The molecule has 2 aromatic carbocycles. The number of fused-ring (bicyclic) bond motifs is 2. The molecule has 23 heavy (non-hydrogen) atoms. The fourth-order valence-corrected chi connectivity index (χ4v) is 3.83. The molecule has 0 aromatic heterocycles. The predicted octanol–water partition coefficient (Wildman–Crippen LogP) is 6.46. The Bertz CT molecular complexity index is 577. The van der Waals surface area contributed by atoms with Crippen molar-refractivity contribution in [2.24, 2.45) is 0 Å². The van der Waals surface area contributed by atoms with Crippen LogP contribution < -0.4 is 9.80 Å². The number of nitrogens with zero attached hydrogens (tertiary/aromatic N) is 2. The van der Waals surface area contributed by atoms with E-state index in [0.717, 1.165) is 10.8 Å². The molecule has 4 rings (SSSR count). The Morgan fingerprint density at radius 3 is 1.48 bits per heavy atom. The molecule has 2 heterocycles. The van der Waals surface area contributed by atoms with Gasteiger partial charge in [-0.05, 0) is 48.2 Å². The van der Waals surface area contributed by atoms with E-state index >= 15 is 0 Å². The van der Waals surface area contributed by atoms with Gasteiger partial charge < -0.3 is 9.80 Å². The molecule has 0 bridgehead atoms. The number of para-hydroxylation sites is 2. The maximum atomic E-state index is 2.33. The Labute approximate surface area is 176 Å². The Hall–Kier alpha value is 0.862. The van der Waals surface area contributed by atoms with Crippen molar-refractivity contribution in [1.29, 1.82) is 0 Å². The van der Waals surface area contributed by atoms with Gasteiger partial charge in [0.2, 0.25) is 0 Å².